The quantitative estimate of drug-likeness (QED) is 0.736. The number of hydrogen-bond donors (Lipinski definition) is 1. The number of fused-ring (bicyclic) bond motifs is 1. The van der Waals surface area contributed by atoms with Crippen molar-refractivity contribution in [2.45, 2.75) is 17.4 Å². The summed E-state index contributed by atoms with van der Waals surface area (Å²) in [6.07, 6.45) is 1.03. The fraction of sp³-hybridized carbons (Fsp3) is 0.455. The summed E-state index contributed by atoms with van der Waals surface area (Å²) in [6.45, 7) is 5.10. The third kappa shape index (κ3) is 4.50. The summed E-state index contributed by atoms with van der Waals surface area (Å²) in [4.78, 5) is 7.08. The topological polar surface area (TPSA) is 55.9 Å². The van der Waals surface area contributed by atoms with Crippen molar-refractivity contribution in [1.29, 1.82) is 0 Å². The SMILES string of the molecule is CN1CCN([C@@H](CNS(=O)(=O)c2ccccc2Cl)c2ccc3c(c2)CCN3C)CC1. The number of likely N-dealkylation sites (N-methyl/N-ethyl adjacent to an activating group) is 2. The van der Waals surface area contributed by atoms with Crippen molar-refractivity contribution >= 4 is 27.3 Å². The minimum absolute atomic E-state index is 0.0211. The lowest BCUT2D eigenvalue weighted by Gasteiger charge is -2.38. The normalized spacial score (nSPS) is 19.1. The van der Waals surface area contributed by atoms with Gasteiger partial charge in [-0.2, -0.15) is 0 Å². The lowest BCUT2D eigenvalue weighted by molar-refractivity contribution is 0.113. The van der Waals surface area contributed by atoms with E-state index in [9.17, 15) is 8.42 Å². The molecule has 0 aliphatic carbocycles. The molecule has 2 heterocycles. The Hall–Kier alpha value is -1.64. The number of hydrogen-bond acceptors (Lipinski definition) is 5. The van der Waals surface area contributed by atoms with Crippen molar-refractivity contribution in [3.8, 4) is 0 Å². The minimum atomic E-state index is -3.69. The number of anilines is 1. The average molecular weight is 449 g/mol. The van der Waals surface area contributed by atoms with Crippen molar-refractivity contribution in [1.82, 2.24) is 14.5 Å². The Labute approximate surface area is 184 Å². The van der Waals surface area contributed by atoms with Gasteiger partial charge in [-0.1, -0.05) is 35.9 Å². The van der Waals surface area contributed by atoms with Crippen LogP contribution in [-0.4, -0.2) is 71.6 Å². The molecule has 2 aromatic rings. The Kier molecular flexibility index (Phi) is 6.36. The lowest BCUT2D eigenvalue weighted by Crippen LogP contribution is -2.48. The van der Waals surface area contributed by atoms with Gasteiger partial charge in [0.05, 0.1) is 5.02 Å². The van der Waals surface area contributed by atoms with E-state index in [1.807, 2.05) is 0 Å². The lowest BCUT2D eigenvalue weighted by atomic mass is 10.0. The number of nitrogens with one attached hydrogen (secondary N) is 1. The zero-order chi connectivity index (χ0) is 21.3. The van der Waals surface area contributed by atoms with Gasteiger partial charge in [0.1, 0.15) is 4.90 Å². The second-order valence-electron chi connectivity index (χ2n) is 8.20. The first-order valence-corrected chi connectivity index (χ1v) is 12.2. The fourth-order valence-corrected chi connectivity index (χ4v) is 5.87. The predicted molar refractivity (Wildman–Crippen MR) is 122 cm³/mol. The summed E-state index contributed by atoms with van der Waals surface area (Å²) in [5.74, 6) is 0. The zero-order valence-electron chi connectivity index (χ0n) is 17.5. The van der Waals surface area contributed by atoms with Crippen LogP contribution in [0, 0.1) is 0 Å². The molecule has 0 aromatic heterocycles. The molecule has 0 radical (unpaired) electrons. The van der Waals surface area contributed by atoms with Crippen LogP contribution in [0.5, 0.6) is 0 Å². The van der Waals surface area contributed by atoms with Crippen LogP contribution in [0.2, 0.25) is 5.02 Å². The summed E-state index contributed by atoms with van der Waals surface area (Å²) >= 11 is 6.14. The van der Waals surface area contributed by atoms with Crippen molar-refractivity contribution in [2.24, 2.45) is 0 Å². The smallest absolute Gasteiger partial charge is 0.242 e. The molecule has 0 saturated carbocycles. The molecule has 1 atom stereocenters. The average Bonchev–Trinajstić information content (AvgIpc) is 3.10. The van der Waals surface area contributed by atoms with E-state index in [-0.39, 0.29) is 16.0 Å². The van der Waals surface area contributed by atoms with Gasteiger partial charge in [0, 0.05) is 58.0 Å². The Bertz CT molecular complexity index is 1010. The Morgan fingerprint density at radius 3 is 2.50 bits per heavy atom. The van der Waals surface area contributed by atoms with Gasteiger partial charge in [-0.15, -0.1) is 0 Å². The van der Waals surface area contributed by atoms with Crippen molar-refractivity contribution in [3.05, 3.63) is 58.6 Å². The van der Waals surface area contributed by atoms with E-state index in [2.05, 4.69) is 51.7 Å². The van der Waals surface area contributed by atoms with Crippen molar-refractivity contribution < 1.29 is 8.42 Å². The molecule has 2 aromatic carbocycles. The maximum absolute atomic E-state index is 12.9. The summed E-state index contributed by atoms with van der Waals surface area (Å²) in [6, 6.07) is 13.1. The molecule has 2 aliphatic heterocycles. The Balaban J connectivity index is 1.59. The first kappa shape index (κ1) is 21.6. The standard InChI is InChI=1S/C22H29ClN4O2S/c1-25-11-13-27(14-12-25)21(17-7-8-20-18(15-17)9-10-26(20)2)16-24-30(28,29)22-6-4-3-5-19(22)23/h3-8,15,21,24H,9-14,16H2,1-2H3/t21-/m0/s1. The predicted octanol–water partition coefficient (Wildman–Crippen LogP) is 2.60. The van der Waals surface area contributed by atoms with Crippen LogP contribution in [0.15, 0.2) is 47.4 Å². The number of sulfonamides is 1. The molecule has 0 amide bonds. The zero-order valence-corrected chi connectivity index (χ0v) is 19.1. The van der Waals surface area contributed by atoms with E-state index in [1.165, 1.54) is 11.3 Å². The molecule has 2 aliphatic rings. The highest BCUT2D eigenvalue weighted by Gasteiger charge is 2.28. The molecule has 1 N–H and O–H groups in total. The molecule has 30 heavy (non-hydrogen) atoms. The summed E-state index contributed by atoms with van der Waals surface area (Å²) in [7, 11) is 0.544. The van der Waals surface area contributed by atoms with Gasteiger partial charge in [0.15, 0.2) is 0 Å². The van der Waals surface area contributed by atoms with Crippen molar-refractivity contribution in [2.75, 3.05) is 58.3 Å². The highest BCUT2D eigenvalue weighted by Crippen LogP contribution is 2.32. The number of rotatable bonds is 6. The van der Waals surface area contributed by atoms with E-state index in [1.54, 1.807) is 24.3 Å². The van der Waals surface area contributed by atoms with E-state index >= 15 is 0 Å². The van der Waals surface area contributed by atoms with E-state index in [0.29, 0.717) is 6.54 Å². The molecule has 1 fully saturated rings. The third-order valence-corrected chi connectivity index (χ3v) is 8.11. The van der Waals surface area contributed by atoms with Crippen LogP contribution in [-0.2, 0) is 16.4 Å². The fourth-order valence-electron chi connectivity index (χ4n) is 4.31. The molecule has 0 unspecified atom stereocenters. The first-order chi connectivity index (χ1) is 14.3. The highest BCUT2D eigenvalue weighted by molar-refractivity contribution is 7.89. The van der Waals surface area contributed by atoms with E-state index in [0.717, 1.165) is 44.7 Å². The molecule has 0 bridgehead atoms. The van der Waals surface area contributed by atoms with Gasteiger partial charge in [-0.3, -0.25) is 4.90 Å². The number of nitrogens with zero attached hydrogens (tertiary/aromatic N) is 3. The van der Waals surface area contributed by atoms with Gasteiger partial charge in [-0.05, 0) is 42.8 Å². The van der Waals surface area contributed by atoms with Crippen LogP contribution in [0.4, 0.5) is 5.69 Å². The van der Waals surface area contributed by atoms with Gasteiger partial charge < -0.3 is 9.80 Å². The van der Waals surface area contributed by atoms with E-state index < -0.39 is 10.0 Å². The first-order valence-electron chi connectivity index (χ1n) is 10.4. The third-order valence-electron chi connectivity index (χ3n) is 6.19. The van der Waals surface area contributed by atoms with Crippen LogP contribution < -0.4 is 9.62 Å². The second kappa shape index (κ2) is 8.85. The number of piperazine rings is 1. The van der Waals surface area contributed by atoms with Crippen LogP contribution >= 0.6 is 11.6 Å². The van der Waals surface area contributed by atoms with Crippen LogP contribution in [0.3, 0.4) is 0 Å². The van der Waals surface area contributed by atoms with Crippen molar-refractivity contribution in [3.63, 3.8) is 0 Å². The molecule has 0 spiro atoms. The maximum Gasteiger partial charge on any atom is 0.242 e. The van der Waals surface area contributed by atoms with Gasteiger partial charge in [0.2, 0.25) is 10.0 Å². The summed E-state index contributed by atoms with van der Waals surface area (Å²) in [5, 5.41) is 0.238. The van der Waals surface area contributed by atoms with Crippen LogP contribution in [0.25, 0.3) is 0 Å². The highest BCUT2D eigenvalue weighted by atomic mass is 35.5. The largest absolute Gasteiger partial charge is 0.374 e. The Morgan fingerprint density at radius 1 is 1.03 bits per heavy atom. The Morgan fingerprint density at radius 2 is 1.77 bits per heavy atom. The molecule has 162 valence electrons. The van der Waals surface area contributed by atoms with Gasteiger partial charge in [0.25, 0.3) is 0 Å². The number of halogens is 1. The minimum Gasteiger partial charge on any atom is -0.374 e. The van der Waals surface area contributed by atoms with Crippen LogP contribution in [0.1, 0.15) is 17.2 Å². The molecule has 1 saturated heterocycles. The second-order valence-corrected chi connectivity index (χ2v) is 10.3. The molecular weight excluding hydrogens is 420 g/mol. The monoisotopic (exact) mass is 448 g/mol. The molecule has 6 nitrogen and oxygen atoms in total. The van der Waals surface area contributed by atoms with Gasteiger partial charge >= 0.3 is 0 Å². The molecule has 4 rings (SSSR count). The summed E-state index contributed by atoms with van der Waals surface area (Å²) < 4.78 is 28.7. The molecular formula is C22H29ClN4O2S. The summed E-state index contributed by atoms with van der Waals surface area (Å²) in [5.41, 5.74) is 3.77. The van der Waals surface area contributed by atoms with E-state index in [4.69, 9.17) is 11.6 Å². The maximum atomic E-state index is 12.9. The number of benzene rings is 2. The van der Waals surface area contributed by atoms with Gasteiger partial charge in [-0.25, -0.2) is 13.1 Å². The molecule has 8 heteroatoms.